The third kappa shape index (κ3) is 17.3. The number of amides is 1. The largest absolute Gasteiger partial charge is 0.379 e. The van der Waals surface area contributed by atoms with Gasteiger partial charge in [0.1, 0.15) is 0 Å². The van der Waals surface area contributed by atoms with Crippen LogP contribution in [0.4, 0.5) is 0 Å². The van der Waals surface area contributed by atoms with E-state index in [1.807, 2.05) is 6.92 Å². The van der Waals surface area contributed by atoms with Crippen molar-refractivity contribution in [2.45, 2.75) is 20.3 Å². The van der Waals surface area contributed by atoms with Crippen molar-refractivity contribution in [1.29, 1.82) is 0 Å². The molecule has 0 heterocycles. The Morgan fingerprint density at radius 2 is 1.27 bits per heavy atom. The van der Waals surface area contributed by atoms with Gasteiger partial charge in [-0.15, -0.1) is 0 Å². The first-order valence-corrected chi connectivity index (χ1v) is 8.09. The Bertz CT molecular complexity index is 242. The fourth-order valence-corrected chi connectivity index (χ4v) is 1.47. The van der Waals surface area contributed by atoms with Crippen LogP contribution in [0.3, 0.4) is 0 Å². The van der Waals surface area contributed by atoms with E-state index in [4.69, 9.17) is 18.9 Å². The Morgan fingerprint density at radius 1 is 0.773 bits per heavy atom. The smallest absolute Gasteiger partial charge is 0.234 e. The summed E-state index contributed by atoms with van der Waals surface area (Å²) in [5.41, 5.74) is 0. The molecule has 0 atom stereocenters. The molecular formula is C15H32N2O5. The first kappa shape index (κ1) is 21.3. The molecule has 0 aliphatic rings. The predicted octanol–water partition coefficient (Wildman–Crippen LogP) is 0.189. The summed E-state index contributed by atoms with van der Waals surface area (Å²) >= 11 is 0. The number of carbonyl (C=O) groups is 1. The van der Waals surface area contributed by atoms with E-state index in [9.17, 15) is 4.79 Å². The second-order valence-electron chi connectivity index (χ2n) is 4.58. The summed E-state index contributed by atoms with van der Waals surface area (Å²) in [5.74, 6) is -0.0123. The SMILES string of the molecule is CCCOCCOCCOCCOCCNC(=O)CNCC. The lowest BCUT2D eigenvalue weighted by molar-refractivity contribution is -0.120. The van der Waals surface area contributed by atoms with Gasteiger partial charge in [-0.25, -0.2) is 0 Å². The van der Waals surface area contributed by atoms with Crippen LogP contribution in [0, 0.1) is 0 Å². The molecule has 0 saturated carbocycles. The molecule has 2 N–H and O–H groups in total. The Morgan fingerprint density at radius 3 is 1.77 bits per heavy atom. The van der Waals surface area contributed by atoms with Crippen LogP contribution < -0.4 is 10.6 Å². The van der Waals surface area contributed by atoms with Gasteiger partial charge in [0.15, 0.2) is 0 Å². The topological polar surface area (TPSA) is 78.1 Å². The lowest BCUT2D eigenvalue weighted by atomic mass is 10.5. The molecule has 22 heavy (non-hydrogen) atoms. The summed E-state index contributed by atoms with van der Waals surface area (Å²) in [4.78, 5) is 11.2. The molecule has 0 aromatic heterocycles. The maximum Gasteiger partial charge on any atom is 0.234 e. The highest BCUT2D eigenvalue weighted by molar-refractivity contribution is 5.77. The zero-order valence-corrected chi connectivity index (χ0v) is 14.0. The molecule has 0 radical (unpaired) electrons. The molecular weight excluding hydrogens is 288 g/mol. The monoisotopic (exact) mass is 320 g/mol. The average molecular weight is 320 g/mol. The molecule has 0 aliphatic heterocycles. The van der Waals surface area contributed by atoms with Crippen LogP contribution in [0.1, 0.15) is 20.3 Å². The lowest BCUT2D eigenvalue weighted by Gasteiger charge is -2.08. The molecule has 0 saturated heterocycles. The summed E-state index contributed by atoms with van der Waals surface area (Å²) in [7, 11) is 0. The van der Waals surface area contributed by atoms with Gasteiger partial charge in [0.05, 0.1) is 52.8 Å². The number of rotatable bonds is 17. The van der Waals surface area contributed by atoms with E-state index < -0.39 is 0 Å². The second-order valence-corrected chi connectivity index (χ2v) is 4.58. The Kier molecular flexibility index (Phi) is 17.7. The Labute approximate surface area is 134 Å². The summed E-state index contributed by atoms with van der Waals surface area (Å²) in [6.07, 6.45) is 1.03. The van der Waals surface area contributed by atoms with Crippen LogP contribution in [-0.4, -0.2) is 78.4 Å². The average Bonchev–Trinajstić information content (AvgIpc) is 2.53. The highest BCUT2D eigenvalue weighted by Gasteiger charge is 1.98. The number of likely N-dealkylation sites (N-methyl/N-ethyl adjacent to an activating group) is 1. The number of hydrogen-bond acceptors (Lipinski definition) is 6. The van der Waals surface area contributed by atoms with Crippen molar-refractivity contribution in [3.63, 3.8) is 0 Å². The van der Waals surface area contributed by atoms with Crippen LogP contribution >= 0.6 is 0 Å². The minimum atomic E-state index is -0.0123. The standard InChI is InChI=1S/C15H32N2O5/c1-3-6-19-8-10-21-12-13-22-11-9-20-7-5-17-15(18)14-16-4-2/h16H,3-14H2,1-2H3,(H,17,18). The van der Waals surface area contributed by atoms with Crippen molar-refractivity contribution in [2.75, 3.05) is 72.5 Å². The van der Waals surface area contributed by atoms with E-state index in [1.165, 1.54) is 0 Å². The van der Waals surface area contributed by atoms with E-state index in [2.05, 4.69) is 17.6 Å². The molecule has 0 aliphatic carbocycles. The number of ether oxygens (including phenoxy) is 4. The number of carbonyl (C=O) groups excluding carboxylic acids is 1. The summed E-state index contributed by atoms with van der Waals surface area (Å²) < 4.78 is 21.3. The van der Waals surface area contributed by atoms with Crippen LogP contribution in [0.2, 0.25) is 0 Å². The fraction of sp³-hybridized carbons (Fsp3) is 0.933. The molecule has 0 fully saturated rings. The third-order valence-corrected chi connectivity index (χ3v) is 2.57. The number of nitrogens with one attached hydrogen (secondary N) is 2. The normalized spacial score (nSPS) is 10.8. The van der Waals surface area contributed by atoms with E-state index in [1.54, 1.807) is 0 Å². The molecule has 132 valence electrons. The van der Waals surface area contributed by atoms with E-state index in [-0.39, 0.29) is 5.91 Å². The van der Waals surface area contributed by atoms with Gasteiger partial charge in [-0.2, -0.15) is 0 Å². The van der Waals surface area contributed by atoms with Gasteiger partial charge in [-0.3, -0.25) is 4.79 Å². The van der Waals surface area contributed by atoms with Crippen LogP contribution in [0.5, 0.6) is 0 Å². The van der Waals surface area contributed by atoms with Gasteiger partial charge in [0.25, 0.3) is 0 Å². The van der Waals surface area contributed by atoms with Crippen LogP contribution in [-0.2, 0) is 23.7 Å². The minimum absolute atomic E-state index is 0.0123. The van der Waals surface area contributed by atoms with Crippen molar-refractivity contribution in [1.82, 2.24) is 10.6 Å². The molecule has 0 unspecified atom stereocenters. The van der Waals surface area contributed by atoms with Gasteiger partial charge < -0.3 is 29.6 Å². The van der Waals surface area contributed by atoms with Crippen molar-refractivity contribution in [3.8, 4) is 0 Å². The maximum absolute atomic E-state index is 11.2. The third-order valence-electron chi connectivity index (χ3n) is 2.57. The second kappa shape index (κ2) is 18.3. The van der Waals surface area contributed by atoms with Gasteiger partial charge in [0.2, 0.25) is 5.91 Å². The summed E-state index contributed by atoms with van der Waals surface area (Å²) in [6.45, 7) is 10.4. The first-order chi connectivity index (χ1) is 10.8. The Balaban J connectivity index is 3.04. The van der Waals surface area contributed by atoms with Crippen molar-refractivity contribution in [2.24, 2.45) is 0 Å². The molecule has 0 rings (SSSR count). The summed E-state index contributed by atoms with van der Waals surface area (Å²) in [5, 5.41) is 5.71. The highest BCUT2D eigenvalue weighted by atomic mass is 16.6. The van der Waals surface area contributed by atoms with Gasteiger partial charge >= 0.3 is 0 Å². The van der Waals surface area contributed by atoms with Crippen molar-refractivity contribution >= 4 is 5.91 Å². The molecule has 0 bridgehead atoms. The van der Waals surface area contributed by atoms with Gasteiger partial charge in [-0.05, 0) is 13.0 Å². The zero-order valence-electron chi connectivity index (χ0n) is 14.0. The van der Waals surface area contributed by atoms with Gasteiger partial charge in [0, 0.05) is 13.2 Å². The molecule has 0 spiro atoms. The van der Waals surface area contributed by atoms with E-state index >= 15 is 0 Å². The molecule has 1 amide bonds. The highest BCUT2D eigenvalue weighted by Crippen LogP contribution is 1.84. The molecule has 7 heteroatoms. The van der Waals surface area contributed by atoms with Crippen LogP contribution in [0.15, 0.2) is 0 Å². The Hall–Kier alpha value is -0.730. The van der Waals surface area contributed by atoms with Crippen molar-refractivity contribution in [3.05, 3.63) is 0 Å². The van der Waals surface area contributed by atoms with Gasteiger partial charge in [-0.1, -0.05) is 13.8 Å². The van der Waals surface area contributed by atoms with Crippen LogP contribution in [0.25, 0.3) is 0 Å². The van der Waals surface area contributed by atoms with E-state index in [0.717, 1.165) is 19.6 Å². The minimum Gasteiger partial charge on any atom is -0.379 e. The molecule has 0 aromatic carbocycles. The predicted molar refractivity (Wildman–Crippen MR) is 85.1 cm³/mol. The molecule has 0 aromatic rings. The quantitative estimate of drug-likeness (QED) is 0.373. The summed E-state index contributed by atoms with van der Waals surface area (Å²) in [6, 6.07) is 0. The first-order valence-electron chi connectivity index (χ1n) is 8.09. The zero-order chi connectivity index (χ0) is 16.3. The molecule has 7 nitrogen and oxygen atoms in total. The van der Waals surface area contributed by atoms with Crippen molar-refractivity contribution < 1.29 is 23.7 Å². The lowest BCUT2D eigenvalue weighted by Crippen LogP contribution is -2.35. The number of hydrogen-bond donors (Lipinski definition) is 2. The maximum atomic E-state index is 11.2. The fourth-order valence-electron chi connectivity index (χ4n) is 1.47. The van der Waals surface area contributed by atoms with E-state index in [0.29, 0.717) is 59.3 Å².